The van der Waals surface area contributed by atoms with Gasteiger partial charge in [0.25, 0.3) is 0 Å². The highest BCUT2D eigenvalue weighted by Gasteiger charge is 2.01. The van der Waals surface area contributed by atoms with Crippen LogP contribution in [0, 0.1) is 0 Å². The summed E-state index contributed by atoms with van der Waals surface area (Å²) < 4.78 is 5.02. The van der Waals surface area contributed by atoms with Gasteiger partial charge in [-0.05, 0) is 24.7 Å². The predicted molar refractivity (Wildman–Crippen MR) is 49.0 cm³/mol. The van der Waals surface area contributed by atoms with Crippen molar-refractivity contribution in [1.82, 2.24) is 5.32 Å². The minimum atomic E-state index is -0.101. The van der Waals surface area contributed by atoms with E-state index in [9.17, 15) is 0 Å². The normalized spacial score (nSPS) is 12.6. The van der Waals surface area contributed by atoms with Gasteiger partial charge in [0.1, 0.15) is 5.75 Å². The van der Waals surface area contributed by atoms with E-state index in [0.717, 1.165) is 11.3 Å². The molecule has 0 saturated carbocycles. The summed E-state index contributed by atoms with van der Waals surface area (Å²) in [5, 5.41) is 2.96. The van der Waals surface area contributed by atoms with Crippen LogP contribution in [0.25, 0.3) is 0 Å². The number of methoxy groups -OCH3 is 1. The van der Waals surface area contributed by atoms with Gasteiger partial charge < -0.3 is 15.8 Å². The second-order valence-electron chi connectivity index (χ2n) is 2.54. The molecule has 0 fully saturated rings. The van der Waals surface area contributed by atoms with E-state index in [0.29, 0.717) is 0 Å². The van der Waals surface area contributed by atoms with Crippen LogP contribution in [0.3, 0.4) is 0 Å². The molecular weight excluding hydrogens is 152 g/mol. The first kappa shape index (κ1) is 9.03. The highest BCUT2D eigenvalue weighted by Crippen LogP contribution is 2.13. The Bertz CT molecular complexity index is 233. The van der Waals surface area contributed by atoms with Crippen molar-refractivity contribution in [2.45, 2.75) is 6.17 Å². The lowest BCUT2D eigenvalue weighted by atomic mass is 10.2. The average molecular weight is 166 g/mol. The number of nitrogens with two attached hydrogens (primary N) is 1. The van der Waals surface area contributed by atoms with Gasteiger partial charge in [0.15, 0.2) is 0 Å². The molecule has 3 heteroatoms. The molecule has 0 aliphatic heterocycles. The molecule has 3 nitrogen and oxygen atoms in total. The van der Waals surface area contributed by atoms with Crippen LogP contribution in [0.2, 0.25) is 0 Å². The molecule has 0 saturated heterocycles. The van der Waals surface area contributed by atoms with E-state index in [4.69, 9.17) is 10.5 Å². The molecule has 66 valence electrons. The fourth-order valence-electron chi connectivity index (χ4n) is 0.978. The number of benzene rings is 1. The summed E-state index contributed by atoms with van der Waals surface area (Å²) in [6.45, 7) is 0. The van der Waals surface area contributed by atoms with Gasteiger partial charge in [0.05, 0.1) is 13.3 Å². The van der Waals surface area contributed by atoms with E-state index in [2.05, 4.69) is 5.32 Å². The second-order valence-corrected chi connectivity index (χ2v) is 2.54. The zero-order valence-electron chi connectivity index (χ0n) is 7.37. The molecule has 0 amide bonds. The lowest BCUT2D eigenvalue weighted by Crippen LogP contribution is -2.24. The largest absolute Gasteiger partial charge is 0.497 e. The van der Waals surface area contributed by atoms with Crippen molar-refractivity contribution >= 4 is 0 Å². The first-order chi connectivity index (χ1) is 5.77. The van der Waals surface area contributed by atoms with E-state index in [-0.39, 0.29) is 6.17 Å². The van der Waals surface area contributed by atoms with Crippen molar-refractivity contribution in [1.29, 1.82) is 0 Å². The van der Waals surface area contributed by atoms with Gasteiger partial charge in [-0.25, -0.2) is 0 Å². The van der Waals surface area contributed by atoms with E-state index < -0.39 is 0 Å². The fourth-order valence-corrected chi connectivity index (χ4v) is 0.978. The van der Waals surface area contributed by atoms with Gasteiger partial charge in [-0.3, -0.25) is 0 Å². The van der Waals surface area contributed by atoms with Crippen LogP contribution < -0.4 is 15.8 Å². The second kappa shape index (κ2) is 4.09. The molecule has 0 aromatic heterocycles. The Morgan fingerprint density at radius 2 is 1.92 bits per heavy atom. The maximum atomic E-state index is 5.73. The predicted octanol–water partition coefficient (Wildman–Crippen LogP) is 0.872. The minimum Gasteiger partial charge on any atom is -0.497 e. The first-order valence-electron chi connectivity index (χ1n) is 3.84. The summed E-state index contributed by atoms with van der Waals surface area (Å²) in [7, 11) is 3.47. The quantitative estimate of drug-likeness (QED) is 0.655. The van der Waals surface area contributed by atoms with Crippen molar-refractivity contribution in [2.75, 3.05) is 14.2 Å². The lowest BCUT2D eigenvalue weighted by Gasteiger charge is -2.10. The molecule has 1 rings (SSSR count). The molecule has 0 heterocycles. The molecule has 1 aromatic carbocycles. The summed E-state index contributed by atoms with van der Waals surface area (Å²) in [4.78, 5) is 0. The average Bonchev–Trinajstić information content (AvgIpc) is 2.17. The van der Waals surface area contributed by atoms with E-state index in [1.807, 2.05) is 31.3 Å². The van der Waals surface area contributed by atoms with Crippen molar-refractivity contribution in [3.8, 4) is 5.75 Å². The number of hydrogen-bond acceptors (Lipinski definition) is 3. The standard InChI is InChI=1S/C9H14N2O/c1-11-9(10)7-3-5-8(12-2)6-4-7/h3-6,9,11H,10H2,1-2H3. The van der Waals surface area contributed by atoms with Crippen LogP contribution >= 0.6 is 0 Å². The molecule has 1 atom stereocenters. The van der Waals surface area contributed by atoms with Crippen LogP contribution in [0.15, 0.2) is 24.3 Å². The lowest BCUT2D eigenvalue weighted by molar-refractivity contribution is 0.414. The highest BCUT2D eigenvalue weighted by atomic mass is 16.5. The van der Waals surface area contributed by atoms with Crippen molar-refractivity contribution in [2.24, 2.45) is 5.73 Å². The third kappa shape index (κ3) is 1.96. The van der Waals surface area contributed by atoms with Crippen molar-refractivity contribution in [3.05, 3.63) is 29.8 Å². The molecule has 0 radical (unpaired) electrons. The number of ether oxygens (including phenoxy) is 1. The SMILES string of the molecule is CNC(N)c1ccc(OC)cc1. The molecule has 12 heavy (non-hydrogen) atoms. The zero-order chi connectivity index (χ0) is 8.97. The first-order valence-corrected chi connectivity index (χ1v) is 3.84. The molecule has 0 aliphatic carbocycles. The van der Waals surface area contributed by atoms with Gasteiger partial charge in [-0.1, -0.05) is 12.1 Å². The smallest absolute Gasteiger partial charge is 0.118 e. The fraction of sp³-hybridized carbons (Fsp3) is 0.333. The van der Waals surface area contributed by atoms with Crippen LogP contribution in [0.1, 0.15) is 11.7 Å². The topological polar surface area (TPSA) is 47.3 Å². The third-order valence-corrected chi connectivity index (χ3v) is 1.79. The Kier molecular flexibility index (Phi) is 3.08. The van der Waals surface area contributed by atoms with Gasteiger partial charge in [0.2, 0.25) is 0 Å². The van der Waals surface area contributed by atoms with Gasteiger partial charge in [0, 0.05) is 0 Å². The van der Waals surface area contributed by atoms with Gasteiger partial charge in [-0.2, -0.15) is 0 Å². The number of hydrogen-bond donors (Lipinski definition) is 2. The van der Waals surface area contributed by atoms with E-state index in [1.165, 1.54) is 0 Å². The molecule has 0 spiro atoms. The van der Waals surface area contributed by atoms with E-state index in [1.54, 1.807) is 7.11 Å². The van der Waals surface area contributed by atoms with Crippen LogP contribution in [-0.4, -0.2) is 14.2 Å². The van der Waals surface area contributed by atoms with Gasteiger partial charge in [-0.15, -0.1) is 0 Å². The highest BCUT2D eigenvalue weighted by molar-refractivity contribution is 5.28. The number of nitrogens with one attached hydrogen (secondary N) is 1. The molecule has 1 aromatic rings. The van der Waals surface area contributed by atoms with Gasteiger partial charge >= 0.3 is 0 Å². The van der Waals surface area contributed by atoms with Crippen molar-refractivity contribution in [3.63, 3.8) is 0 Å². The minimum absolute atomic E-state index is 0.101. The Morgan fingerprint density at radius 3 is 2.33 bits per heavy atom. The third-order valence-electron chi connectivity index (χ3n) is 1.79. The summed E-state index contributed by atoms with van der Waals surface area (Å²) in [6.07, 6.45) is -0.101. The molecule has 3 N–H and O–H groups in total. The Morgan fingerprint density at radius 1 is 1.33 bits per heavy atom. The molecule has 0 aliphatic rings. The molecule has 1 unspecified atom stereocenters. The zero-order valence-corrected chi connectivity index (χ0v) is 7.37. The van der Waals surface area contributed by atoms with Crippen LogP contribution in [0.5, 0.6) is 5.75 Å². The molecule has 0 bridgehead atoms. The Hall–Kier alpha value is -1.06. The summed E-state index contributed by atoms with van der Waals surface area (Å²) in [5.41, 5.74) is 6.79. The Labute approximate surface area is 72.5 Å². The van der Waals surface area contributed by atoms with Crippen LogP contribution in [0.4, 0.5) is 0 Å². The van der Waals surface area contributed by atoms with Crippen LogP contribution in [-0.2, 0) is 0 Å². The maximum Gasteiger partial charge on any atom is 0.118 e. The molecular formula is C9H14N2O. The Balaban J connectivity index is 2.77. The summed E-state index contributed by atoms with van der Waals surface area (Å²) in [6, 6.07) is 7.68. The summed E-state index contributed by atoms with van der Waals surface area (Å²) in [5.74, 6) is 0.849. The maximum absolute atomic E-state index is 5.73. The van der Waals surface area contributed by atoms with E-state index >= 15 is 0 Å². The monoisotopic (exact) mass is 166 g/mol. The summed E-state index contributed by atoms with van der Waals surface area (Å²) >= 11 is 0. The number of rotatable bonds is 3. The van der Waals surface area contributed by atoms with Crippen molar-refractivity contribution < 1.29 is 4.74 Å².